The van der Waals surface area contributed by atoms with E-state index in [1.54, 1.807) is 24.3 Å². The van der Waals surface area contributed by atoms with E-state index in [0.29, 0.717) is 18.6 Å². The van der Waals surface area contributed by atoms with E-state index in [-0.39, 0.29) is 45.8 Å². The first-order valence-corrected chi connectivity index (χ1v) is 11.9. The fourth-order valence-electron chi connectivity index (χ4n) is 3.37. The van der Waals surface area contributed by atoms with Crippen molar-refractivity contribution < 1.29 is 52.4 Å². The molecule has 2 aromatic carbocycles. The number of benzene rings is 2. The number of para-hydroxylation sites is 1. The molecule has 0 aliphatic carbocycles. The van der Waals surface area contributed by atoms with Gasteiger partial charge in [-0.1, -0.05) is 82.2 Å². The van der Waals surface area contributed by atoms with Crippen LogP contribution in [0.25, 0.3) is 0 Å². The summed E-state index contributed by atoms with van der Waals surface area (Å²) in [5.74, 6) is 0.0799. The average Bonchev–Trinajstić information content (AvgIpc) is 2.69. The Bertz CT molecular complexity index is 853. The number of ether oxygens (including phenoxy) is 1. The number of hydrogen-bond acceptors (Lipinski definition) is 4. The molecule has 0 atom stereocenters. The summed E-state index contributed by atoms with van der Waals surface area (Å²) in [6.07, 6.45) is 10.4. The van der Waals surface area contributed by atoms with Crippen LogP contribution >= 0.6 is 0 Å². The van der Waals surface area contributed by atoms with Crippen molar-refractivity contribution in [3.63, 3.8) is 0 Å². The Labute approximate surface area is 202 Å². The molecule has 0 unspecified atom stereocenters. The van der Waals surface area contributed by atoms with Crippen LogP contribution in [0, 0.1) is 0 Å². The zero-order chi connectivity index (χ0) is 21.1. The molecule has 0 fully saturated rings. The third kappa shape index (κ3) is 8.98. The van der Waals surface area contributed by atoms with Gasteiger partial charge < -0.3 is 9.84 Å². The minimum Gasteiger partial charge on any atom is -0.870 e. The Morgan fingerprint density at radius 1 is 0.867 bits per heavy atom. The molecule has 0 spiro atoms. The maximum atomic E-state index is 12.8. The summed E-state index contributed by atoms with van der Waals surface area (Å²) in [6.45, 7) is 2.20. The van der Waals surface area contributed by atoms with E-state index in [4.69, 9.17) is 4.74 Å². The van der Waals surface area contributed by atoms with Crippen LogP contribution in [0.1, 0.15) is 70.3 Å². The smallest absolute Gasteiger partial charge is 0.870 e. The van der Waals surface area contributed by atoms with Gasteiger partial charge in [-0.05, 0) is 42.7 Å². The molecular weight excluding hydrogens is 411 g/mol. The van der Waals surface area contributed by atoms with Gasteiger partial charge in [-0.3, -0.25) is 4.55 Å². The summed E-state index contributed by atoms with van der Waals surface area (Å²) in [5.41, 5.74) is 0.101. The monoisotopic (exact) mass is 442 g/mol. The molecular formula is C23H31NaO5S. The Kier molecular flexibility index (Phi) is 12.7. The van der Waals surface area contributed by atoms with Crippen LogP contribution in [0.2, 0.25) is 0 Å². The van der Waals surface area contributed by atoms with E-state index in [0.717, 1.165) is 19.3 Å². The van der Waals surface area contributed by atoms with Crippen LogP contribution in [0.4, 0.5) is 0 Å². The fraction of sp³-hybridized carbons (Fsp3) is 0.478. The molecule has 2 aromatic rings. The van der Waals surface area contributed by atoms with Crippen molar-refractivity contribution in [1.82, 2.24) is 0 Å². The third-order valence-electron chi connectivity index (χ3n) is 4.96. The second-order valence-corrected chi connectivity index (χ2v) is 8.73. The van der Waals surface area contributed by atoms with Gasteiger partial charge in [0.25, 0.3) is 10.1 Å². The fourth-order valence-corrected chi connectivity index (χ4v) is 4.12. The molecule has 1 N–H and O–H groups in total. The summed E-state index contributed by atoms with van der Waals surface area (Å²) >= 11 is 0. The van der Waals surface area contributed by atoms with Crippen LogP contribution in [-0.2, 0) is 16.5 Å². The first kappa shape index (κ1) is 27.0. The van der Waals surface area contributed by atoms with Gasteiger partial charge in [0.1, 0.15) is 11.5 Å². The normalized spacial score (nSPS) is 11.1. The Hall–Kier alpha value is -1.05. The minimum atomic E-state index is -4.46. The van der Waals surface area contributed by atoms with Crippen molar-refractivity contribution in [2.45, 2.75) is 76.0 Å². The van der Waals surface area contributed by atoms with Crippen LogP contribution in [0.15, 0.2) is 47.4 Å². The predicted octanol–water partition coefficient (Wildman–Crippen LogP) is 2.88. The molecule has 160 valence electrons. The Balaban J connectivity index is 0.00000450. The van der Waals surface area contributed by atoms with Gasteiger partial charge in [0.15, 0.2) is 0 Å². The molecule has 0 aliphatic rings. The van der Waals surface area contributed by atoms with E-state index in [9.17, 15) is 18.1 Å². The van der Waals surface area contributed by atoms with E-state index >= 15 is 0 Å². The van der Waals surface area contributed by atoms with E-state index in [1.807, 2.05) is 6.07 Å². The number of hydrogen-bond donors (Lipinski definition) is 1. The molecule has 5 nitrogen and oxygen atoms in total. The van der Waals surface area contributed by atoms with Crippen molar-refractivity contribution >= 4 is 10.1 Å². The van der Waals surface area contributed by atoms with Crippen molar-refractivity contribution in [1.29, 1.82) is 0 Å². The second kappa shape index (κ2) is 14.1. The first-order chi connectivity index (χ1) is 13.9. The SMILES string of the molecule is CCCCCCCCCCCc1c(S(=O)(=O)O)ccc(Oc2ccccc2)c1[O-].[Na+]. The van der Waals surface area contributed by atoms with E-state index < -0.39 is 15.9 Å². The molecule has 0 saturated heterocycles. The average molecular weight is 443 g/mol. The van der Waals surface area contributed by atoms with Crippen LogP contribution in [0.5, 0.6) is 17.2 Å². The number of unbranched alkanes of at least 4 members (excludes halogenated alkanes) is 8. The summed E-state index contributed by atoms with van der Waals surface area (Å²) in [6, 6.07) is 11.4. The molecule has 0 heterocycles. The van der Waals surface area contributed by atoms with Gasteiger partial charge in [-0.2, -0.15) is 8.42 Å². The van der Waals surface area contributed by atoms with Crippen LogP contribution in [0.3, 0.4) is 0 Å². The number of rotatable bonds is 13. The van der Waals surface area contributed by atoms with Gasteiger partial charge in [-0.25, -0.2) is 0 Å². The van der Waals surface area contributed by atoms with Crippen molar-refractivity contribution in [3.8, 4) is 17.2 Å². The molecule has 0 amide bonds. The van der Waals surface area contributed by atoms with Crippen molar-refractivity contribution in [3.05, 3.63) is 48.0 Å². The van der Waals surface area contributed by atoms with Gasteiger partial charge >= 0.3 is 29.6 Å². The minimum absolute atomic E-state index is 0. The molecule has 30 heavy (non-hydrogen) atoms. The van der Waals surface area contributed by atoms with Crippen LogP contribution in [-0.4, -0.2) is 13.0 Å². The Morgan fingerprint density at radius 3 is 2.00 bits per heavy atom. The summed E-state index contributed by atoms with van der Waals surface area (Å²) in [4.78, 5) is -0.317. The summed E-state index contributed by atoms with van der Waals surface area (Å²) < 4.78 is 38.6. The van der Waals surface area contributed by atoms with Crippen LogP contribution < -0.4 is 39.4 Å². The molecule has 0 aromatic heterocycles. The zero-order valence-corrected chi connectivity index (χ0v) is 20.9. The molecule has 0 bridgehead atoms. The first-order valence-electron chi connectivity index (χ1n) is 10.5. The van der Waals surface area contributed by atoms with Crippen molar-refractivity contribution in [2.75, 3.05) is 0 Å². The molecule has 7 heteroatoms. The van der Waals surface area contributed by atoms with E-state index in [1.165, 1.54) is 44.2 Å². The maximum absolute atomic E-state index is 12.8. The molecule has 0 saturated carbocycles. The zero-order valence-electron chi connectivity index (χ0n) is 18.1. The predicted molar refractivity (Wildman–Crippen MR) is 113 cm³/mol. The van der Waals surface area contributed by atoms with Gasteiger partial charge in [0.2, 0.25) is 0 Å². The molecule has 0 radical (unpaired) electrons. The van der Waals surface area contributed by atoms with E-state index in [2.05, 4.69) is 6.92 Å². The summed E-state index contributed by atoms with van der Waals surface area (Å²) in [5, 5.41) is 12.8. The van der Waals surface area contributed by atoms with Gasteiger partial charge in [0, 0.05) is 0 Å². The van der Waals surface area contributed by atoms with Gasteiger partial charge in [-0.15, -0.1) is 0 Å². The maximum Gasteiger partial charge on any atom is 1.00 e. The molecule has 2 rings (SSSR count). The van der Waals surface area contributed by atoms with Crippen molar-refractivity contribution in [2.24, 2.45) is 0 Å². The third-order valence-corrected chi connectivity index (χ3v) is 5.90. The standard InChI is InChI=1S/C23H32O5S.Na/c1-2-3-4-5-6-7-8-9-13-16-20-22(29(25,26)27)18-17-21(23(20)24)28-19-14-11-10-12-15-19;/h10-12,14-15,17-18,24H,2-9,13,16H2,1H3,(H,25,26,27);/q;+1/p-1. The van der Waals surface area contributed by atoms with Gasteiger partial charge in [0.05, 0.1) is 4.90 Å². The summed E-state index contributed by atoms with van der Waals surface area (Å²) in [7, 11) is -4.46. The quantitative estimate of drug-likeness (QED) is 0.293. The molecule has 0 aliphatic heterocycles. The Morgan fingerprint density at radius 2 is 1.43 bits per heavy atom. The second-order valence-electron chi connectivity index (χ2n) is 7.34. The largest absolute Gasteiger partial charge is 1.00 e. The topological polar surface area (TPSA) is 86.7 Å².